The standard InChI is InChI=1S/C23H24O4/c1-4-23(18-13-9-6-10-14-18)19(17-11-7-5-8-12-17)15-20(27-22(23)25)21(24)26-16(2)3/h5-16,19H,4H2,1-3H3/t19-,23-/m0/s1. The molecule has 4 nitrogen and oxygen atoms in total. The molecule has 0 fully saturated rings. The van der Waals surface area contributed by atoms with Crippen molar-refractivity contribution in [1.82, 2.24) is 0 Å². The second kappa shape index (κ2) is 7.78. The number of carbonyl (C=O) groups excluding carboxylic acids is 2. The van der Waals surface area contributed by atoms with Crippen LogP contribution in [0.1, 0.15) is 44.2 Å². The average Bonchev–Trinajstić information content (AvgIpc) is 2.68. The Hall–Kier alpha value is -2.88. The molecule has 0 N–H and O–H groups in total. The van der Waals surface area contributed by atoms with Gasteiger partial charge in [0.1, 0.15) is 5.41 Å². The minimum atomic E-state index is -0.899. The highest BCUT2D eigenvalue weighted by molar-refractivity contribution is 5.95. The summed E-state index contributed by atoms with van der Waals surface area (Å²) in [6, 6.07) is 19.3. The van der Waals surface area contributed by atoms with Crippen LogP contribution in [0.2, 0.25) is 0 Å². The lowest BCUT2D eigenvalue weighted by Crippen LogP contribution is -2.45. The van der Waals surface area contributed by atoms with Crippen molar-refractivity contribution in [2.24, 2.45) is 0 Å². The van der Waals surface area contributed by atoms with E-state index < -0.39 is 17.4 Å². The zero-order chi connectivity index (χ0) is 19.4. The highest BCUT2D eigenvalue weighted by atomic mass is 16.6. The van der Waals surface area contributed by atoms with Gasteiger partial charge in [-0.2, -0.15) is 0 Å². The maximum Gasteiger partial charge on any atom is 0.374 e. The van der Waals surface area contributed by atoms with Crippen LogP contribution in [0.4, 0.5) is 0 Å². The fourth-order valence-electron chi connectivity index (χ4n) is 3.67. The summed E-state index contributed by atoms with van der Waals surface area (Å²) in [5.74, 6) is -1.41. The zero-order valence-electron chi connectivity index (χ0n) is 15.8. The Morgan fingerprint density at radius 1 is 1.07 bits per heavy atom. The molecule has 2 aromatic rings. The van der Waals surface area contributed by atoms with Crippen LogP contribution in [0.5, 0.6) is 0 Å². The van der Waals surface area contributed by atoms with E-state index in [4.69, 9.17) is 9.47 Å². The smallest absolute Gasteiger partial charge is 0.374 e. The van der Waals surface area contributed by atoms with Gasteiger partial charge in [-0.25, -0.2) is 4.79 Å². The van der Waals surface area contributed by atoms with Gasteiger partial charge in [-0.15, -0.1) is 0 Å². The lowest BCUT2D eigenvalue weighted by atomic mass is 9.64. The van der Waals surface area contributed by atoms with Crippen molar-refractivity contribution >= 4 is 11.9 Å². The molecule has 0 unspecified atom stereocenters. The van der Waals surface area contributed by atoms with Gasteiger partial charge in [0.05, 0.1) is 6.10 Å². The average molecular weight is 364 g/mol. The fourth-order valence-corrected chi connectivity index (χ4v) is 3.67. The fraction of sp³-hybridized carbons (Fsp3) is 0.304. The first kappa shape index (κ1) is 18.9. The van der Waals surface area contributed by atoms with Crippen molar-refractivity contribution in [1.29, 1.82) is 0 Å². The molecule has 1 aliphatic heterocycles. The third-order valence-corrected chi connectivity index (χ3v) is 4.97. The van der Waals surface area contributed by atoms with Crippen molar-refractivity contribution < 1.29 is 19.1 Å². The highest BCUT2D eigenvalue weighted by Gasteiger charge is 2.51. The van der Waals surface area contributed by atoms with E-state index in [1.165, 1.54) is 0 Å². The predicted molar refractivity (Wildman–Crippen MR) is 103 cm³/mol. The van der Waals surface area contributed by atoms with Crippen LogP contribution in [0.3, 0.4) is 0 Å². The normalized spacial score (nSPS) is 22.1. The van der Waals surface area contributed by atoms with Crippen molar-refractivity contribution in [3.8, 4) is 0 Å². The van der Waals surface area contributed by atoms with Gasteiger partial charge in [-0.1, -0.05) is 67.6 Å². The molecule has 2 atom stereocenters. The molecule has 2 aromatic carbocycles. The van der Waals surface area contributed by atoms with E-state index in [1.54, 1.807) is 19.9 Å². The second-order valence-electron chi connectivity index (χ2n) is 6.95. The van der Waals surface area contributed by atoms with Crippen LogP contribution >= 0.6 is 0 Å². The molecule has 4 heteroatoms. The van der Waals surface area contributed by atoms with Gasteiger partial charge < -0.3 is 9.47 Å². The number of esters is 2. The Balaban J connectivity index is 2.17. The van der Waals surface area contributed by atoms with Gasteiger partial charge in [-0.05, 0) is 37.5 Å². The summed E-state index contributed by atoms with van der Waals surface area (Å²) in [4.78, 5) is 25.7. The molecule has 0 radical (unpaired) electrons. The number of hydrogen-bond acceptors (Lipinski definition) is 4. The van der Waals surface area contributed by atoms with Crippen molar-refractivity contribution in [3.63, 3.8) is 0 Å². The Labute approximate surface area is 159 Å². The van der Waals surface area contributed by atoms with E-state index in [2.05, 4.69) is 0 Å². The number of rotatable bonds is 5. The van der Waals surface area contributed by atoms with Crippen LogP contribution in [0, 0.1) is 0 Å². The van der Waals surface area contributed by atoms with E-state index in [9.17, 15) is 9.59 Å². The van der Waals surface area contributed by atoms with E-state index in [-0.39, 0.29) is 17.8 Å². The molecule has 0 bridgehead atoms. The van der Waals surface area contributed by atoms with Crippen molar-refractivity contribution in [2.75, 3.05) is 0 Å². The van der Waals surface area contributed by atoms with E-state index >= 15 is 0 Å². The molecule has 3 rings (SSSR count). The molecular formula is C23H24O4. The summed E-state index contributed by atoms with van der Waals surface area (Å²) in [6.07, 6.45) is 1.98. The Kier molecular flexibility index (Phi) is 5.45. The first-order chi connectivity index (χ1) is 13.0. The number of ether oxygens (including phenoxy) is 2. The van der Waals surface area contributed by atoms with Gasteiger partial charge >= 0.3 is 11.9 Å². The maximum atomic E-state index is 13.3. The molecule has 1 aliphatic rings. The number of carbonyl (C=O) groups is 2. The van der Waals surface area contributed by atoms with Crippen LogP contribution in [-0.2, 0) is 24.5 Å². The molecule has 0 amide bonds. The van der Waals surface area contributed by atoms with E-state index in [1.807, 2.05) is 67.6 Å². The summed E-state index contributed by atoms with van der Waals surface area (Å²) < 4.78 is 10.8. The van der Waals surface area contributed by atoms with Crippen molar-refractivity contribution in [3.05, 3.63) is 83.6 Å². The maximum absolute atomic E-state index is 13.3. The molecule has 27 heavy (non-hydrogen) atoms. The van der Waals surface area contributed by atoms with Gasteiger partial charge in [0, 0.05) is 5.92 Å². The zero-order valence-corrected chi connectivity index (χ0v) is 15.8. The molecule has 0 aromatic heterocycles. The van der Waals surface area contributed by atoms with E-state index in [0.717, 1.165) is 11.1 Å². The first-order valence-electron chi connectivity index (χ1n) is 9.24. The van der Waals surface area contributed by atoms with E-state index in [0.29, 0.717) is 6.42 Å². The van der Waals surface area contributed by atoms with Gasteiger partial charge in [0.2, 0.25) is 5.76 Å². The number of cyclic esters (lactones) is 1. The first-order valence-corrected chi connectivity index (χ1v) is 9.24. The van der Waals surface area contributed by atoms with Crippen LogP contribution in [0.25, 0.3) is 0 Å². The lowest BCUT2D eigenvalue weighted by molar-refractivity contribution is -0.159. The topological polar surface area (TPSA) is 52.6 Å². The summed E-state index contributed by atoms with van der Waals surface area (Å²) in [5, 5.41) is 0. The Morgan fingerprint density at radius 3 is 2.22 bits per heavy atom. The van der Waals surface area contributed by atoms with Gasteiger partial charge in [0.25, 0.3) is 0 Å². The largest absolute Gasteiger partial charge is 0.457 e. The molecule has 0 aliphatic carbocycles. The monoisotopic (exact) mass is 364 g/mol. The quantitative estimate of drug-likeness (QED) is 0.733. The summed E-state index contributed by atoms with van der Waals surface area (Å²) >= 11 is 0. The predicted octanol–water partition coefficient (Wildman–Crippen LogP) is 4.51. The third kappa shape index (κ3) is 3.52. The molecular weight excluding hydrogens is 340 g/mol. The SMILES string of the molecule is CC[C@@]1(c2ccccc2)C(=O)OC(C(=O)OC(C)C)=C[C@H]1c1ccccc1. The molecule has 140 valence electrons. The molecule has 1 heterocycles. The van der Waals surface area contributed by atoms with Crippen LogP contribution in [-0.4, -0.2) is 18.0 Å². The molecule has 0 saturated carbocycles. The summed E-state index contributed by atoms with van der Waals surface area (Å²) in [5.41, 5.74) is 0.929. The van der Waals surface area contributed by atoms with Gasteiger partial charge in [-0.3, -0.25) is 4.79 Å². The Bertz CT molecular complexity index is 839. The number of hydrogen-bond donors (Lipinski definition) is 0. The number of benzene rings is 2. The van der Waals surface area contributed by atoms with Crippen LogP contribution < -0.4 is 0 Å². The molecule has 0 spiro atoms. The summed E-state index contributed by atoms with van der Waals surface area (Å²) in [6.45, 7) is 5.49. The number of allylic oxidation sites excluding steroid dienone is 1. The Morgan fingerprint density at radius 2 is 1.67 bits per heavy atom. The molecule has 0 saturated heterocycles. The van der Waals surface area contributed by atoms with Crippen molar-refractivity contribution in [2.45, 2.75) is 44.6 Å². The third-order valence-electron chi connectivity index (χ3n) is 4.97. The minimum Gasteiger partial charge on any atom is -0.457 e. The van der Waals surface area contributed by atoms with Gasteiger partial charge in [0.15, 0.2) is 0 Å². The highest BCUT2D eigenvalue weighted by Crippen LogP contribution is 2.47. The minimum absolute atomic E-state index is 0.0393. The second-order valence-corrected chi connectivity index (χ2v) is 6.95. The van der Waals surface area contributed by atoms with Crippen LogP contribution in [0.15, 0.2) is 72.5 Å². The summed E-state index contributed by atoms with van der Waals surface area (Å²) in [7, 11) is 0. The lowest BCUT2D eigenvalue weighted by Gasteiger charge is -2.40.